The third kappa shape index (κ3) is 3.79. The van der Waals surface area contributed by atoms with Gasteiger partial charge in [-0.2, -0.15) is 0 Å². The molecule has 0 saturated heterocycles. The number of esters is 1. The van der Waals surface area contributed by atoms with Gasteiger partial charge in [-0.3, -0.25) is 0 Å². The van der Waals surface area contributed by atoms with E-state index in [0.29, 0.717) is 16.8 Å². The predicted octanol–water partition coefficient (Wildman–Crippen LogP) is 2.10. The fourth-order valence-electron chi connectivity index (χ4n) is 0.922. The number of carbonyl (C=O) groups excluding carboxylic acids is 1. The molecule has 0 spiro atoms. The van der Waals surface area contributed by atoms with E-state index in [1.807, 2.05) is 0 Å². The van der Waals surface area contributed by atoms with Crippen molar-refractivity contribution in [2.45, 2.75) is 6.92 Å². The Labute approximate surface area is 95.9 Å². The molecule has 0 aliphatic heterocycles. The lowest BCUT2D eigenvalue weighted by molar-refractivity contribution is -0.145. The molecule has 4 nitrogen and oxygen atoms in total. The number of carbonyl (C=O) groups is 1. The average molecular weight is 275 g/mol. The fourth-order valence-corrected chi connectivity index (χ4v) is 1.28. The lowest BCUT2D eigenvalue weighted by Gasteiger charge is -2.06. The number of rotatable bonds is 4. The van der Waals surface area contributed by atoms with Gasteiger partial charge in [0.05, 0.1) is 11.1 Å². The monoisotopic (exact) mass is 274 g/mol. The van der Waals surface area contributed by atoms with Gasteiger partial charge in [-0.05, 0) is 41.1 Å². The number of aromatic hydroxyl groups is 1. The molecule has 0 amide bonds. The van der Waals surface area contributed by atoms with Crippen molar-refractivity contribution in [3.63, 3.8) is 0 Å². The van der Waals surface area contributed by atoms with Crippen LogP contribution in [0, 0.1) is 0 Å². The molecule has 0 heterocycles. The van der Waals surface area contributed by atoms with Gasteiger partial charge in [-0.25, -0.2) is 4.79 Å². The summed E-state index contributed by atoms with van der Waals surface area (Å²) in [5, 5.41) is 9.21. The molecule has 0 aromatic heterocycles. The maximum Gasteiger partial charge on any atom is 0.344 e. The van der Waals surface area contributed by atoms with E-state index in [1.54, 1.807) is 19.1 Å². The van der Waals surface area contributed by atoms with Crippen molar-refractivity contribution >= 4 is 21.9 Å². The van der Waals surface area contributed by atoms with Crippen LogP contribution in [0.15, 0.2) is 22.7 Å². The number of benzene rings is 1. The lowest BCUT2D eigenvalue weighted by atomic mass is 10.3. The summed E-state index contributed by atoms with van der Waals surface area (Å²) in [5.74, 6) is 0.202. The van der Waals surface area contributed by atoms with Crippen LogP contribution in [0.25, 0.3) is 0 Å². The molecule has 1 N–H and O–H groups in total. The number of phenolic OH excluding ortho intramolecular Hbond substituents is 1. The Bertz CT molecular complexity index is 351. The van der Waals surface area contributed by atoms with Crippen molar-refractivity contribution in [2.75, 3.05) is 13.2 Å². The Morgan fingerprint density at radius 1 is 1.53 bits per heavy atom. The Balaban J connectivity index is 2.51. The molecule has 1 aromatic rings. The molecule has 0 aliphatic rings. The summed E-state index contributed by atoms with van der Waals surface area (Å²) in [4.78, 5) is 11.0. The van der Waals surface area contributed by atoms with Crippen molar-refractivity contribution in [1.29, 1.82) is 0 Å². The zero-order chi connectivity index (χ0) is 11.3. The summed E-state index contributed by atoms with van der Waals surface area (Å²) >= 11 is 3.14. The largest absolute Gasteiger partial charge is 0.507 e. The van der Waals surface area contributed by atoms with Gasteiger partial charge in [0.2, 0.25) is 0 Å². The Kier molecular flexibility index (Phi) is 4.42. The van der Waals surface area contributed by atoms with Gasteiger partial charge < -0.3 is 14.6 Å². The molecule has 0 aliphatic carbocycles. The molecule has 82 valence electrons. The van der Waals surface area contributed by atoms with Crippen LogP contribution in [0.2, 0.25) is 0 Å². The van der Waals surface area contributed by atoms with Crippen LogP contribution in [0.3, 0.4) is 0 Å². The lowest BCUT2D eigenvalue weighted by Crippen LogP contribution is -2.14. The van der Waals surface area contributed by atoms with Gasteiger partial charge >= 0.3 is 5.97 Å². The van der Waals surface area contributed by atoms with Gasteiger partial charge in [0, 0.05) is 0 Å². The maximum atomic E-state index is 11.0. The van der Waals surface area contributed by atoms with E-state index < -0.39 is 5.97 Å². The fraction of sp³-hybridized carbons (Fsp3) is 0.300. The summed E-state index contributed by atoms with van der Waals surface area (Å²) in [6, 6.07) is 4.62. The zero-order valence-corrected chi connectivity index (χ0v) is 9.78. The van der Waals surface area contributed by atoms with Gasteiger partial charge in [0.25, 0.3) is 0 Å². The number of phenols is 1. The molecule has 15 heavy (non-hydrogen) atoms. The molecule has 0 saturated carbocycles. The first-order chi connectivity index (χ1) is 7.13. The maximum absolute atomic E-state index is 11.0. The normalized spacial score (nSPS) is 9.73. The van der Waals surface area contributed by atoms with E-state index in [9.17, 15) is 9.90 Å². The topological polar surface area (TPSA) is 55.8 Å². The average Bonchev–Trinajstić information content (AvgIpc) is 2.20. The molecule has 1 aromatic carbocycles. The smallest absolute Gasteiger partial charge is 0.344 e. The highest BCUT2D eigenvalue weighted by atomic mass is 79.9. The number of ether oxygens (including phenoxy) is 2. The third-order valence-electron chi connectivity index (χ3n) is 1.58. The second-order valence-electron chi connectivity index (χ2n) is 2.71. The molecular weight excluding hydrogens is 264 g/mol. The van der Waals surface area contributed by atoms with E-state index in [4.69, 9.17) is 9.47 Å². The molecule has 1 rings (SSSR count). The van der Waals surface area contributed by atoms with Crippen molar-refractivity contribution in [3.8, 4) is 11.5 Å². The first kappa shape index (κ1) is 11.8. The van der Waals surface area contributed by atoms with Crippen molar-refractivity contribution in [1.82, 2.24) is 0 Å². The highest BCUT2D eigenvalue weighted by Crippen LogP contribution is 2.27. The Hall–Kier alpha value is -1.23. The predicted molar refractivity (Wildman–Crippen MR) is 57.9 cm³/mol. The van der Waals surface area contributed by atoms with E-state index >= 15 is 0 Å². The van der Waals surface area contributed by atoms with E-state index in [1.165, 1.54) is 6.07 Å². The SMILES string of the molecule is CCOC(=O)COc1ccc(O)c(Br)c1. The minimum atomic E-state index is -0.415. The summed E-state index contributed by atoms with van der Waals surface area (Å²) in [7, 11) is 0. The first-order valence-electron chi connectivity index (χ1n) is 4.40. The Morgan fingerprint density at radius 2 is 2.27 bits per heavy atom. The van der Waals surface area contributed by atoms with Crippen LogP contribution in [0.5, 0.6) is 11.5 Å². The first-order valence-corrected chi connectivity index (χ1v) is 5.19. The molecule has 5 heteroatoms. The molecule has 0 atom stereocenters. The minimum absolute atomic E-state index is 0.124. The van der Waals surface area contributed by atoms with E-state index in [-0.39, 0.29) is 12.4 Å². The number of hydrogen-bond donors (Lipinski definition) is 1. The van der Waals surface area contributed by atoms with Crippen LogP contribution >= 0.6 is 15.9 Å². The van der Waals surface area contributed by atoms with Gasteiger partial charge in [0.15, 0.2) is 6.61 Å². The molecular formula is C10H11BrO4. The van der Waals surface area contributed by atoms with Crippen LogP contribution in [-0.2, 0) is 9.53 Å². The van der Waals surface area contributed by atoms with Crippen molar-refractivity contribution in [2.24, 2.45) is 0 Å². The second kappa shape index (κ2) is 5.60. The third-order valence-corrected chi connectivity index (χ3v) is 2.22. The Morgan fingerprint density at radius 3 is 2.87 bits per heavy atom. The van der Waals surface area contributed by atoms with Gasteiger partial charge in [0.1, 0.15) is 11.5 Å². The van der Waals surface area contributed by atoms with Crippen LogP contribution in [0.1, 0.15) is 6.92 Å². The molecule has 0 bridgehead atoms. The van der Waals surface area contributed by atoms with E-state index in [0.717, 1.165) is 0 Å². The van der Waals surface area contributed by atoms with Crippen molar-refractivity contribution < 1.29 is 19.4 Å². The molecule has 0 fully saturated rings. The van der Waals surface area contributed by atoms with Crippen LogP contribution in [0.4, 0.5) is 0 Å². The quantitative estimate of drug-likeness (QED) is 0.855. The van der Waals surface area contributed by atoms with Gasteiger partial charge in [-0.1, -0.05) is 0 Å². The highest BCUT2D eigenvalue weighted by Gasteiger charge is 2.04. The summed E-state index contributed by atoms with van der Waals surface area (Å²) in [5.41, 5.74) is 0. The standard InChI is InChI=1S/C10H11BrO4/c1-2-14-10(13)6-15-7-3-4-9(12)8(11)5-7/h3-5,12H,2,6H2,1H3. The minimum Gasteiger partial charge on any atom is -0.507 e. The van der Waals surface area contributed by atoms with Crippen molar-refractivity contribution in [3.05, 3.63) is 22.7 Å². The summed E-state index contributed by atoms with van der Waals surface area (Å²) < 4.78 is 10.4. The molecule has 0 radical (unpaired) electrons. The molecule has 0 unspecified atom stereocenters. The summed E-state index contributed by atoms with van der Waals surface area (Å²) in [6.07, 6.45) is 0. The highest BCUT2D eigenvalue weighted by molar-refractivity contribution is 9.10. The number of hydrogen-bond acceptors (Lipinski definition) is 4. The van der Waals surface area contributed by atoms with Gasteiger partial charge in [-0.15, -0.1) is 0 Å². The van der Waals surface area contributed by atoms with Crippen LogP contribution in [-0.4, -0.2) is 24.3 Å². The number of halogens is 1. The van der Waals surface area contributed by atoms with Crippen LogP contribution < -0.4 is 4.74 Å². The zero-order valence-electron chi connectivity index (χ0n) is 8.20. The summed E-state index contributed by atoms with van der Waals surface area (Å²) in [6.45, 7) is 1.93. The second-order valence-corrected chi connectivity index (χ2v) is 3.56. The van der Waals surface area contributed by atoms with E-state index in [2.05, 4.69) is 15.9 Å².